The van der Waals surface area contributed by atoms with E-state index in [4.69, 9.17) is 5.73 Å². The molecule has 3 heterocycles. The Kier molecular flexibility index (Phi) is 5.62. The molecule has 3 aromatic rings. The zero-order valence-electron chi connectivity index (χ0n) is 17.4. The second-order valence-electron chi connectivity index (χ2n) is 7.81. The average Bonchev–Trinajstić information content (AvgIpc) is 2.88. The zero-order chi connectivity index (χ0) is 22.3. The van der Waals surface area contributed by atoms with Gasteiger partial charge in [0, 0.05) is 20.0 Å². The Hall–Kier alpha value is -3.07. The number of benzene rings is 1. The molecule has 1 aliphatic rings. The Balaban J connectivity index is 1.78. The van der Waals surface area contributed by atoms with Gasteiger partial charge in [0.05, 0.1) is 10.3 Å². The number of carbonyl (C=O) groups is 2. The molecule has 9 heteroatoms. The summed E-state index contributed by atoms with van der Waals surface area (Å²) in [5.41, 5.74) is 6.24. The number of fused-ring (bicyclic) bond motifs is 2. The number of primary amides is 1. The molecule has 0 saturated heterocycles. The van der Waals surface area contributed by atoms with Crippen LogP contribution in [-0.4, -0.2) is 33.3 Å². The molecule has 31 heavy (non-hydrogen) atoms. The third-order valence-electron chi connectivity index (χ3n) is 5.75. The van der Waals surface area contributed by atoms with Crippen LogP contribution < -0.4 is 11.3 Å². The van der Waals surface area contributed by atoms with Gasteiger partial charge in [-0.1, -0.05) is 18.6 Å². The maximum absolute atomic E-state index is 13.7. The van der Waals surface area contributed by atoms with Crippen LogP contribution in [-0.2, 0) is 17.8 Å². The first-order valence-electron chi connectivity index (χ1n) is 10.1. The SMILES string of the molecule is Cc1c(C(=O)N(C)C(C(N)=O)c2cccc(F)c2)sc2nc3n(c(=O)c12)CCCCC3. The van der Waals surface area contributed by atoms with Crippen molar-refractivity contribution >= 4 is 33.4 Å². The van der Waals surface area contributed by atoms with Crippen LogP contribution in [0.15, 0.2) is 29.1 Å². The van der Waals surface area contributed by atoms with E-state index in [0.717, 1.165) is 42.8 Å². The topological polar surface area (TPSA) is 98.3 Å². The smallest absolute Gasteiger partial charge is 0.264 e. The molecule has 0 spiro atoms. The molecule has 162 valence electrons. The van der Waals surface area contributed by atoms with Gasteiger partial charge in [-0.25, -0.2) is 9.37 Å². The van der Waals surface area contributed by atoms with Gasteiger partial charge in [0.15, 0.2) is 0 Å². The second-order valence-corrected chi connectivity index (χ2v) is 8.81. The lowest BCUT2D eigenvalue weighted by Crippen LogP contribution is -2.39. The van der Waals surface area contributed by atoms with Crippen molar-refractivity contribution in [3.63, 3.8) is 0 Å². The summed E-state index contributed by atoms with van der Waals surface area (Å²) in [7, 11) is 1.45. The number of thiophene rings is 1. The Labute approximate surface area is 182 Å². The lowest BCUT2D eigenvalue weighted by atomic mass is 10.0. The van der Waals surface area contributed by atoms with E-state index in [1.54, 1.807) is 17.6 Å². The van der Waals surface area contributed by atoms with E-state index in [1.807, 2.05) is 0 Å². The quantitative estimate of drug-likeness (QED) is 0.672. The number of aromatic nitrogens is 2. The van der Waals surface area contributed by atoms with Crippen molar-refractivity contribution in [1.82, 2.24) is 14.5 Å². The van der Waals surface area contributed by atoms with Crippen LogP contribution in [0.4, 0.5) is 4.39 Å². The third-order valence-corrected chi connectivity index (χ3v) is 6.92. The van der Waals surface area contributed by atoms with E-state index in [0.29, 0.717) is 27.2 Å². The Morgan fingerprint density at radius 2 is 2.06 bits per heavy atom. The van der Waals surface area contributed by atoms with E-state index >= 15 is 0 Å². The van der Waals surface area contributed by atoms with Gasteiger partial charge in [0.2, 0.25) is 5.91 Å². The summed E-state index contributed by atoms with van der Waals surface area (Å²) in [5, 5.41) is 0.439. The molecule has 0 bridgehead atoms. The largest absolute Gasteiger partial charge is 0.368 e. The lowest BCUT2D eigenvalue weighted by Gasteiger charge is -2.26. The number of nitrogens with zero attached hydrogens (tertiary/aromatic N) is 3. The standard InChI is InChI=1S/C22H23FN4O3S/c1-12-16-20(25-15-9-4-3-5-10-27(15)21(16)29)31-18(12)22(30)26(2)17(19(24)28)13-7-6-8-14(23)11-13/h6-8,11,17H,3-5,9-10H2,1-2H3,(H2,24,28). The van der Waals surface area contributed by atoms with Gasteiger partial charge in [0.25, 0.3) is 11.5 Å². The van der Waals surface area contributed by atoms with Crippen molar-refractivity contribution in [2.75, 3.05) is 7.05 Å². The van der Waals surface area contributed by atoms with Gasteiger partial charge in [0.1, 0.15) is 22.5 Å². The molecule has 1 aromatic carbocycles. The summed E-state index contributed by atoms with van der Waals surface area (Å²) in [6.07, 6.45) is 3.68. The maximum atomic E-state index is 13.7. The van der Waals surface area contributed by atoms with E-state index in [1.165, 1.54) is 30.1 Å². The molecule has 1 unspecified atom stereocenters. The predicted octanol–water partition coefficient (Wildman–Crippen LogP) is 2.93. The van der Waals surface area contributed by atoms with Gasteiger partial charge in [-0.05, 0) is 43.0 Å². The minimum absolute atomic E-state index is 0.131. The number of likely N-dealkylation sites (N-methyl/N-ethyl adjacent to an activating group) is 1. The Morgan fingerprint density at radius 3 is 2.77 bits per heavy atom. The van der Waals surface area contributed by atoms with E-state index in [9.17, 15) is 18.8 Å². The summed E-state index contributed by atoms with van der Waals surface area (Å²) < 4.78 is 15.4. The number of amides is 2. The fourth-order valence-corrected chi connectivity index (χ4v) is 5.32. The van der Waals surface area contributed by atoms with E-state index in [2.05, 4.69) is 4.98 Å². The molecule has 0 saturated carbocycles. The molecule has 0 aliphatic carbocycles. The highest BCUT2D eigenvalue weighted by Crippen LogP contribution is 2.31. The number of hydrogen-bond donors (Lipinski definition) is 1. The molecule has 1 atom stereocenters. The van der Waals surface area contributed by atoms with Crippen molar-refractivity contribution < 1.29 is 14.0 Å². The lowest BCUT2D eigenvalue weighted by molar-refractivity contribution is -0.122. The molecule has 2 amide bonds. The van der Waals surface area contributed by atoms with Crippen molar-refractivity contribution in [3.05, 3.63) is 62.3 Å². The van der Waals surface area contributed by atoms with Crippen LogP contribution in [0.5, 0.6) is 0 Å². The number of rotatable bonds is 4. The van der Waals surface area contributed by atoms with Crippen LogP contribution in [0.1, 0.15) is 51.9 Å². The fourth-order valence-electron chi connectivity index (χ4n) is 4.15. The van der Waals surface area contributed by atoms with E-state index in [-0.39, 0.29) is 11.1 Å². The van der Waals surface area contributed by atoms with Gasteiger partial charge in [-0.3, -0.25) is 19.0 Å². The summed E-state index contributed by atoms with van der Waals surface area (Å²) in [5.74, 6) is -1.02. The second kappa shape index (κ2) is 8.22. The van der Waals surface area contributed by atoms with Gasteiger partial charge in [-0.2, -0.15) is 0 Å². The third kappa shape index (κ3) is 3.74. The minimum Gasteiger partial charge on any atom is -0.368 e. The van der Waals surface area contributed by atoms with Crippen LogP contribution in [0.25, 0.3) is 10.2 Å². The minimum atomic E-state index is -1.14. The first kappa shape index (κ1) is 21.2. The van der Waals surface area contributed by atoms with Crippen LogP contribution in [0.3, 0.4) is 0 Å². The molecule has 4 rings (SSSR count). The van der Waals surface area contributed by atoms with Gasteiger partial charge in [-0.15, -0.1) is 11.3 Å². The summed E-state index contributed by atoms with van der Waals surface area (Å²) in [6.45, 7) is 2.34. The highest BCUT2D eigenvalue weighted by Gasteiger charge is 2.31. The van der Waals surface area contributed by atoms with Gasteiger partial charge >= 0.3 is 0 Å². The molecular formula is C22H23FN4O3S. The normalized spacial score (nSPS) is 14.7. The van der Waals surface area contributed by atoms with E-state index < -0.39 is 23.7 Å². The number of carbonyl (C=O) groups excluding carboxylic acids is 2. The first-order valence-corrected chi connectivity index (χ1v) is 11.0. The Bertz CT molecular complexity index is 1250. The summed E-state index contributed by atoms with van der Waals surface area (Å²) in [4.78, 5) is 45.3. The van der Waals surface area contributed by atoms with Crippen LogP contribution in [0.2, 0.25) is 0 Å². The summed E-state index contributed by atoms with van der Waals surface area (Å²) in [6, 6.07) is 4.30. The number of hydrogen-bond acceptors (Lipinski definition) is 5. The zero-order valence-corrected chi connectivity index (χ0v) is 18.2. The molecule has 7 nitrogen and oxygen atoms in total. The highest BCUT2D eigenvalue weighted by molar-refractivity contribution is 7.20. The monoisotopic (exact) mass is 442 g/mol. The molecule has 1 aliphatic heterocycles. The van der Waals surface area contributed by atoms with Gasteiger partial charge < -0.3 is 10.6 Å². The predicted molar refractivity (Wildman–Crippen MR) is 117 cm³/mol. The van der Waals surface area contributed by atoms with Crippen molar-refractivity contribution in [2.24, 2.45) is 5.73 Å². The molecule has 2 N–H and O–H groups in total. The maximum Gasteiger partial charge on any atom is 0.264 e. The molecular weight excluding hydrogens is 419 g/mol. The number of nitrogens with two attached hydrogens (primary N) is 1. The fraction of sp³-hybridized carbons (Fsp3) is 0.364. The molecule has 0 radical (unpaired) electrons. The van der Waals surface area contributed by atoms with Crippen LogP contribution >= 0.6 is 11.3 Å². The van der Waals surface area contributed by atoms with Crippen molar-refractivity contribution in [3.8, 4) is 0 Å². The highest BCUT2D eigenvalue weighted by atomic mass is 32.1. The van der Waals surface area contributed by atoms with Crippen molar-refractivity contribution in [2.45, 2.75) is 45.2 Å². The van der Waals surface area contributed by atoms with Crippen LogP contribution in [0, 0.1) is 12.7 Å². The number of aryl methyl sites for hydroxylation is 2. The molecule has 0 fully saturated rings. The first-order chi connectivity index (χ1) is 14.8. The molecule has 2 aromatic heterocycles. The summed E-state index contributed by atoms with van der Waals surface area (Å²) >= 11 is 1.14. The van der Waals surface area contributed by atoms with Crippen molar-refractivity contribution in [1.29, 1.82) is 0 Å². The number of halogens is 1. The average molecular weight is 443 g/mol. The Morgan fingerprint density at radius 1 is 1.29 bits per heavy atom.